The van der Waals surface area contributed by atoms with Crippen molar-refractivity contribution in [3.8, 4) is 0 Å². The van der Waals surface area contributed by atoms with Crippen LogP contribution in [0.1, 0.15) is 34.1 Å². The highest BCUT2D eigenvalue weighted by atomic mass is 16.5. The molecule has 112 valence electrons. The molecule has 0 bridgehead atoms. The number of carbonyl (C=O) groups is 1. The van der Waals surface area contributed by atoms with Gasteiger partial charge in [0.25, 0.3) is 0 Å². The minimum Gasteiger partial charge on any atom is -0.379 e. The van der Waals surface area contributed by atoms with Crippen LogP contribution >= 0.6 is 0 Å². The van der Waals surface area contributed by atoms with Gasteiger partial charge in [0.1, 0.15) is 0 Å². The van der Waals surface area contributed by atoms with Gasteiger partial charge >= 0.3 is 0 Å². The van der Waals surface area contributed by atoms with Gasteiger partial charge in [0, 0.05) is 19.2 Å². The van der Waals surface area contributed by atoms with E-state index in [-0.39, 0.29) is 23.5 Å². The molecule has 1 aliphatic rings. The Kier molecular flexibility index (Phi) is 6.75. The van der Waals surface area contributed by atoms with Crippen LogP contribution in [0, 0.1) is 5.92 Å². The first-order valence-electron chi connectivity index (χ1n) is 7.23. The standard InChI is InChI=1S/C14H28N2O3/c1-5-7-15-12-9-18-8-11(12)13(17)16-10-14(3,4)19-6-2/h11-12,15H,5-10H2,1-4H3,(H,16,17). The lowest BCUT2D eigenvalue weighted by molar-refractivity contribution is -0.127. The van der Waals surface area contributed by atoms with Gasteiger partial charge in [-0.3, -0.25) is 4.79 Å². The molecule has 0 aromatic carbocycles. The Hall–Kier alpha value is -0.650. The average Bonchev–Trinajstić information content (AvgIpc) is 2.82. The Labute approximate surface area is 116 Å². The quantitative estimate of drug-likeness (QED) is 0.690. The lowest BCUT2D eigenvalue weighted by atomic mass is 10.0. The Bertz CT molecular complexity index is 282. The molecule has 0 aromatic heterocycles. The third kappa shape index (κ3) is 5.47. The lowest BCUT2D eigenvalue weighted by Crippen LogP contribution is -2.48. The number of ether oxygens (including phenoxy) is 2. The maximum absolute atomic E-state index is 12.2. The molecular weight excluding hydrogens is 244 g/mol. The summed E-state index contributed by atoms with van der Waals surface area (Å²) in [4.78, 5) is 12.2. The molecule has 2 unspecified atom stereocenters. The molecule has 5 heteroatoms. The van der Waals surface area contributed by atoms with Crippen molar-refractivity contribution in [1.29, 1.82) is 0 Å². The summed E-state index contributed by atoms with van der Waals surface area (Å²) in [5.74, 6) is -0.0390. The van der Waals surface area contributed by atoms with Crippen molar-refractivity contribution < 1.29 is 14.3 Å². The zero-order valence-corrected chi connectivity index (χ0v) is 12.6. The zero-order valence-electron chi connectivity index (χ0n) is 12.6. The molecule has 0 radical (unpaired) electrons. The summed E-state index contributed by atoms with van der Waals surface area (Å²) in [5, 5.41) is 6.34. The number of hydrogen-bond acceptors (Lipinski definition) is 4. The maximum Gasteiger partial charge on any atom is 0.227 e. The summed E-state index contributed by atoms with van der Waals surface area (Å²) in [6.45, 7) is 11.2. The van der Waals surface area contributed by atoms with Gasteiger partial charge in [0.15, 0.2) is 0 Å². The topological polar surface area (TPSA) is 59.6 Å². The summed E-state index contributed by atoms with van der Waals surface area (Å²) in [6, 6.07) is 0.134. The smallest absolute Gasteiger partial charge is 0.227 e. The van der Waals surface area contributed by atoms with Crippen LogP contribution in [0.5, 0.6) is 0 Å². The van der Waals surface area contributed by atoms with Crippen LogP contribution in [-0.4, -0.2) is 50.5 Å². The first-order valence-corrected chi connectivity index (χ1v) is 7.23. The third-order valence-electron chi connectivity index (χ3n) is 3.30. The van der Waals surface area contributed by atoms with Crippen molar-refractivity contribution in [3.63, 3.8) is 0 Å². The van der Waals surface area contributed by atoms with E-state index < -0.39 is 0 Å². The molecular formula is C14H28N2O3. The Morgan fingerprint density at radius 3 is 2.74 bits per heavy atom. The van der Waals surface area contributed by atoms with E-state index in [1.165, 1.54) is 0 Å². The molecule has 1 aliphatic heterocycles. The van der Waals surface area contributed by atoms with Crippen LogP contribution < -0.4 is 10.6 Å². The first-order chi connectivity index (χ1) is 9.00. The molecule has 19 heavy (non-hydrogen) atoms. The van der Waals surface area contributed by atoms with Crippen LogP contribution in [0.15, 0.2) is 0 Å². The van der Waals surface area contributed by atoms with Crippen molar-refractivity contribution >= 4 is 5.91 Å². The molecule has 1 heterocycles. The van der Waals surface area contributed by atoms with E-state index >= 15 is 0 Å². The van der Waals surface area contributed by atoms with Crippen molar-refractivity contribution in [3.05, 3.63) is 0 Å². The van der Waals surface area contributed by atoms with E-state index in [1.54, 1.807) is 0 Å². The van der Waals surface area contributed by atoms with Crippen LogP contribution in [-0.2, 0) is 14.3 Å². The van der Waals surface area contributed by atoms with Crippen molar-refractivity contribution in [2.24, 2.45) is 5.92 Å². The second kappa shape index (κ2) is 7.82. The second-order valence-corrected chi connectivity index (χ2v) is 5.62. The van der Waals surface area contributed by atoms with E-state index in [0.29, 0.717) is 26.4 Å². The minimum absolute atomic E-state index is 0.0545. The van der Waals surface area contributed by atoms with Crippen LogP contribution in [0.25, 0.3) is 0 Å². The van der Waals surface area contributed by atoms with Gasteiger partial charge < -0.3 is 20.1 Å². The number of amides is 1. The highest BCUT2D eigenvalue weighted by Crippen LogP contribution is 2.15. The average molecular weight is 272 g/mol. The highest BCUT2D eigenvalue weighted by molar-refractivity contribution is 5.79. The molecule has 1 fully saturated rings. The fraction of sp³-hybridized carbons (Fsp3) is 0.929. The fourth-order valence-electron chi connectivity index (χ4n) is 2.22. The molecule has 0 saturated carbocycles. The fourth-order valence-corrected chi connectivity index (χ4v) is 2.22. The van der Waals surface area contributed by atoms with E-state index in [0.717, 1.165) is 13.0 Å². The molecule has 2 N–H and O–H groups in total. The van der Waals surface area contributed by atoms with Gasteiger partial charge in [-0.15, -0.1) is 0 Å². The van der Waals surface area contributed by atoms with Gasteiger partial charge in [-0.2, -0.15) is 0 Å². The van der Waals surface area contributed by atoms with Gasteiger partial charge in [0.2, 0.25) is 5.91 Å². The molecule has 1 saturated heterocycles. The SMILES string of the molecule is CCCNC1COCC1C(=O)NCC(C)(C)OCC. The summed E-state index contributed by atoms with van der Waals surface area (Å²) in [5.41, 5.74) is -0.323. The molecule has 0 aromatic rings. The lowest BCUT2D eigenvalue weighted by Gasteiger charge is -2.26. The Morgan fingerprint density at radius 1 is 1.37 bits per heavy atom. The summed E-state index contributed by atoms with van der Waals surface area (Å²) >= 11 is 0. The summed E-state index contributed by atoms with van der Waals surface area (Å²) in [6.07, 6.45) is 1.06. The van der Waals surface area contributed by atoms with Gasteiger partial charge in [-0.05, 0) is 33.7 Å². The number of rotatable bonds is 8. The monoisotopic (exact) mass is 272 g/mol. The molecule has 0 spiro atoms. The van der Waals surface area contributed by atoms with Crippen molar-refractivity contribution in [1.82, 2.24) is 10.6 Å². The number of carbonyl (C=O) groups excluding carboxylic acids is 1. The molecule has 2 atom stereocenters. The summed E-state index contributed by atoms with van der Waals surface area (Å²) in [7, 11) is 0. The van der Waals surface area contributed by atoms with Gasteiger partial charge in [-0.25, -0.2) is 0 Å². The zero-order chi connectivity index (χ0) is 14.3. The second-order valence-electron chi connectivity index (χ2n) is 5.62. The van der Waals surface area contributed by atoms with Crippen molar-refractivity contribution in [2.45, 2.75) is 45.8 Å². The Balaban J connectivity index is 2.39. The predicted molar refractivity (Wildman–Crippen MR) is 75.1 cm³/mol. The van der Waals surface area contributed by atoms with E-state index in [1.807, 2.05) is 20.8 Å². The van der Waals surface area contributed by atoms with Crippen LogP contribution in [0.3, 0.4) is 0 Å². The maximum atomic E-state index is 12.2. The largest absolute Gasteiger partial charge is 0.379 e. The molecule has 1 amide bonds. The highest BCUT2D eigenvalue weighted by Gasteiger charge is 2.34. The van der Waals surface area contributed by atoms with Crippen LogP contribution in [0.4, 0.5) is 0 Å². The normalized spacial score (nSPS) is 23.6. The number of nitrogens with one attached hydrogen (secondary N) is 2. The van der Waals surface area contributed by atoms with Crippen LogP contribution in [0.2, 0.25) is 0 Å². The minimum atomic E-state index is -0.323. The van der Waals surface area contributed by atoms with Gasteiger partial charge in [0.05, 0.1) is 24.7 Å². The molecule has 1 rings (SSSR count). The van der Waals surface area contributed by atoms with Crippen molar-refractivity contribution in [2.75, 3.05) is 32.9 Å². The number of hydrogen-bond donors (Lipinski definition) is 2. The molecule has 0 aliphatic carbocycles. The third-order valence-corrected chi connectivity index (χ3v) is 3.30. The van der Waals surface area contributed by atoms with E-state index in [2.05, 4.69) is 17.6 Å². The predicted octanol–water partition coefficient (Wildman–Crippen LogP) is 0.932. The van der Waals surface area contributed by atoms with Gasteiger partial charge in [-0.1, -0.05) is 6.92 Å². The first kappa shape index (κ1) is 16.4. The molecule has 5 nitrogen and oxygen atoms in total. The van der Waals surface area contributed by atoms with E-state index in [9.17, 15) is 4.79 Å². The Morgan fingerprint density at radius 2 is 2.11 bits per heavy atom. The van der Waals surface area contributed by atoms with E-state index in [4.69, 9.17) is 9.47 Å². The summed E-state index contributed by atoms with van der Waals surface area (Å²) < 4.78 is 11.0.